The van der Waals surface area contributed by atoms with Crippen molar-refractivity contribution in [2.75, 3.05) is 13.7 Å². The molecule has 0 aliphatic heterocycles. The fourth-order valence-corrected chi connectivity index (χ4v) is 3.16. The Labute approximate surface area is 168 Å². The zero-order valence-corrected chi connectivity index (χ0v) is 16.3. The second kappa shape index (κ2) is 8.14. The number of hydrogen-bond donors (Lipinski definition) is 0. The summed E-state index contributed by atoms with van der Waals surface area (Å²) >= 11 is 0. The Morgan fingerprint density at radius 3 is 2.45 bits per heavy atom. The van der Waals surface area contributed by atoms with Crippen LogP contribution in [-0.4, -0.2) is 34.3 Å². The highest BCUT2D eigenvalue weighted by atomic mass is 16.5. The van der Waals surface area contributed by atoms with Gasteiger partial charge in [0.05, 0.1) is 25.0 Å². The molecule has 0 unspecified atom stereocenters. The monoisotopic (exact) mass is 387 g/mol. The minimum atomic E-state index is -0.311. The lowest BCUT2D eigenvalue weighted by molar-refractivity contribution is 0.0526. The largest absolute Gasteiger partial charge is 0.497 e. The van der Waals surface area contributed by atoms with Crippen LogP contribution in [0.4, 0.5) is 0 Å². The molecule has 0 N–H and O–H groups in total. The molecule has 6 heteroatoms. The van der Waals surface area contributed by atoms with Crippen LogP contribution in [-0.2, 0) is 11.2 Å². The molecule has 0 amide bonds. The van der Waals surface area contributed by atoms with Gasteiger partial charge in [-0.3, -0.25) is 0 Å². The number of methoxy groups -OCH3 is 1. The lowest BCUT2D eigenvalue weighted by atomic mass is 10.1. The molecule has 4 rings (SSSR count). The van der Waals surface area contributed by atoms with Gasteiger partial charge < -0.3 is 9.47 Å². The molecule has 0 bridgehead atoms. The van der Waals surface area contributed by atoms with E-state index in [1.165, 1.54) is 0 Å². The molecule has 0 radical (unpaired) electrons. The number of esters is 1. The van der Waals surface area contributed by atoms with Crippen LogP contribution in [0.15, 0.2) is 66.7 Å². The Hall–Kier alpha value is -3.67. The highest BCUT2D eigenvalue weighted by Crippen LogP contribution is 2.23. The quantitative estimate of drug-likeness (QED) is 0.465. The molecule has 0 aliphatic rings. The summed E-state index contributed by atoms with van der Waals surface area (Å²) in [6.07, 6.45) is 0.576. The Morgan fingerprint density at radius 2 is 1.76 bits per heavy atom. The van der Waals surface area contributed by atoms with Crippen molar-refractivity contribution >= 4 is 11.6 Å². The van der Waals surface area contributed by atoms with Gasteiger partial charge >= 0.3 is 5.97 Å². The molecule has 2 aromatic carbocycles. The number of pyridine rings is 1. The predicted octanol–water partition coefficient (Wildman–Crippen LogP) is 4.17. The van der Waals surface area contributed by atoms with Crippen LogP contribution >= 0.6 is 0 Å². The molecule has 2 heterocycles. The average Bonchev–Trinajstić information content (AvgIpc) is 3.17. The highest BCUT2D eigenvalue weighted by molar-refractivity contribution is 5.89. The van der Waals surface area contributed by atoms with Crippen molar-refractivity contribution in [2.24, 2.45) is 0 Å². The summed E-state index contributed by atoms with van der Waals surface area (Å²) in [5, 5.41) is 4.70. The molecule has 0 fully saturated rings. The minimum absolute atomic E-state index is 0.311. The van der Waals surface area contributed by atoms with E-state index in [4.69, 9.17) is 14.6 Å². The van der Waals surface area contributed by atoms with E-state index in [1.54, 1.807) is 26.2 Å². The van der Waals surface area contributed by atoms with Crippen molar-refractivity contribution < 1.29 is 14.3 Å². The maximum Gasteiger partial charge on any atom is 0.338 e. The molecule has 0 spiro atoms. The van der Waals surface area contributed by atoms with Crippen LogP contribution in [0.1, 0.15) is 28.7 Å². The van der Waals surface area contributed by atoms with E-state index in [1.807, 2.05) is 59.1 Å². The van der Waals surface area contributed by atoms with Crippen molar-refractivity contribution in [1.29, 1.82) is 0 Å². The topological polar surface area (TPSA) is 65.7 Å². The summed E-state index contributed by atoms with van der Waals surface area (Å²) in [7, 11) is 1.65. The fourth-order valence-electron chi connectivity index (χ4n) is 3.16. The van der Waals surface area contributed by atoms with Crippen LogP contribution in [0, 0.1) is 0 Å². The van der Waals surface area contributed by atoms with Crippen molar-refractivity contribution in [3.63, 3.8) is 0 Å². The van der Waals surface area contributed by atoms with Gasteiger partial charge in [0.15, 0.2) is 11.5 Å². The van der Waals surface area contributed by atoms with E-state index in [0.717, 1.165) is 34.0 Å². The number of fused-ring (bicyclic) bond motifs is 1. The number of rotatable bonds is 6. The first-order valence-corrected chi connectivity index (χ1v) is 9.43. The van der Waals surface area contributed by atoms with Crippen molar-refractivity contribution in [1.82, 2.24) is 14.6 Å². The van der Waals surface area contributed by atoms with Gasteiger partial charge in [0.25, 0.3) is 0 Å². The van der Waals surface area contributed by atoms with Crippen LogP contribution in [0.3, 0.4) is 0 Å². The second-order valence-electron chi connectivity index (χ2n) is 6.53. The smallest absolute Gasteiger partial charge is 0.338 e. The summed E-state index contributed by atoms with van der Waals surface area (Å²) in [5.41, 5.74) is 4.35. The van der Waals surface area contributed by atoms with Crippen LogP contribution in [0.5, 0.6) is 5.75 Å². The van der Waals surface area contributed by atoms with E-state index in [2.05, 4.69) is 4.98 Å². The van der Waals surface area contributed by atoms with Gasteiger partial charge in [-0.15, -0.1) is 0 Å². The van der Waals surface area contributed by atoms with Gasteiger partial charge in [0.1, 0.15) is 5.75 Å². The number of benzene rings is 2. The van der Waals surface area contributed by atoms with Gasteiger partial charge in [0, 0.05) is 12.0 Å². The molecule has 0 saturated heterocycles. The minimum Gasteiger partial charge on any atom is -0.497 e. The third-order valence-corrected chi connectivity index (χ3v) is 4.62. The molecule has 0 atom stereocenters. The fraction of sp³-hybridized carbons (Fsp3) is 0.174. The van der Waals surface area contributed by atoms with Crippen LogP contribution < -0.4 is 4.74 Å². The first-order chi connectivity index (χ1) is 14.2. The lowest BCUT2D eigenvalue weighted by Crippen LogP contribution is -2.04. The summed E-state index contributed by atoms with van der Waals surface area (Å²) in [6, 6.07) is 21.1. The standard InChI is InChI=1S/C23H21N3O3/c1-3-29-23(27)18-9-7-16(8-10-18)15-21-24-22-6-4-5-20(26(22)25-21)17-11-13-19(28-2)14-12-17/h4-14H,3,15H2,1-2H3. The Bertz CT molecular complexity index is 1130. The highest BCUT2D eigenvalue weighted by Gasteiger charge is 2.11. The van der Waals surface area contributed by atoms with Crippen molar-refractivity contribution in [2.45, 2.75) is 13.3 Å². The average molecular weight is 387 g/mol. The molecule has 0 aliphatic carbocycles. The van der Waals surface area contributed by atoms with Crippen LogP contribution in [0.2, 0.25) is 0 Å². The molecular formula is C23H21N3O3. The number of nitrogens with zero attached hydrogens (tertiary/aromatic N) is 3. The van der Waals surface area contributed by atoms with E-state index in [9.17, 15) is 4.79 Å². The first-order valence-electron chi connectivity index (χ1n) is 9.43. The van der Waals surface area contributed by atoms with E-state index >= 15 is 0 Å². The molecule has 6 nitrogen and oxygen atoms in total. The van der Waals surface area contributed by atoms with Gasteiger partial charge in [-0.25, -0.2) is 14.3 Å². The summed E-state index contributed by atoms with van der Waals surface area (Å²) in [4.78, 5) is 16.4. The number of aromatic nitrogens is 3. The third kappa shape index (κ3) is 3.96. The molecule has 146 valence electrons. The van der Waals surface area contributed by atoms with E-state index < -0.39 is 0 Å². The zero-order chi connectivity index (χ0) is 20.2. The summed E-state index contributed by atoms with van der Waals surface area (Å²) in [5.74, 6) is 1.22. The van der Waals surface area contributed by atoms with Crippen molar-refractivity contribution in [3.8, 4) is 17.0 Å². The maximum absolute atomic E-state index is 11.8. The molecule has 29 heavy (non-hydrogen) atoms. The summed E-state index contributed by atoms with van der Waals surface area (Å²) < 4.78 is 12.1. The van der Waals surface area contributed by atoms with Gasteiger partial charge in [-0.05, 0) is 61.0 Å². The number of ether oxygens (including phenoxy) is 2. The number of carbonyl (C=O) groups is 1. The third-order valence-electron chi connectivity index (χ3n) is 4.62. The van der Waals surface area contributed by atoms with E-state index in [0.29, 0.717) is 18.6 Å². The van der Waals surface area contributed by atoms with E-state index in [-0.39, 0.29) is 5.97 Å². The van der Waals surface area contributed by atoms with Gasteiger partial charge in [-0.1, -0.05) is 18.2 Å². The maximum atomic E-state index is 11.8. The molecule has 2 aromatic heterocycles. The Balaban J connectivity index is 1.60. The molecule has 0 saturated carbocycles. The zero-order valence-electron chi connectivity index (χ0n) is 16.3. The molecular weight excluding hydrogens is 366 g/mol. The van der Waals surface area contributed by atoms with Gasteiger partial charge in [-0.2, -0.15) is 5.10 Å². The van der Waals surface area contributed by atoms with Crippen LogP contribution in [0.25, 0.3) is 16.9 Å². The van der Waals surface area contributed by atoms with Gasteiger partial charge in [0.2, 0.25) is 0 Å². The van der Waals surface area contributed by atoms with Crippen molar-refractivity contribution in [3.05, 3.63) is 83.7 Å². The second-order valence-corrected chi connectivity index (χ2v) is 6.53. The first kappa shape index (κ1) is 18.7. The normalized spacial score (nSPS) is 10.8. The SMILES string of the molecule is CCOC(=O)c1ccc(Cc2nc3cccc(-c4ccc(OC)cc4)n3n2)cc1. The molecule has 4 aromatic rings. The lowest BCUT2D eigenvalue weighted by Gasteiger charge is -2.05. The summed E-state index contributed by atoms with van der Waals surface area (Å²) in [6.45, 7) is 2.16. The predicted molar refractivity (Wildman–Crippen MR) is 110 cm³/mol. The Morgan fingerprint density at radius 1 is 1.00 bits per heavy atom. The number of hydrogen-bond acceptors (Lipinski definition) is 5. The Kier molecular flexibility index (Phi) is 5.24. The number of carbonyl (C=O) groups excluding carboxylic acids is 1.